The van der Waals surface area contributed by atoms with Gasteiger partial charge < -0.3 is 9.88 Å². The predicted molar refractivity (Wildman–Crippen MR) is 87.8 cm³/mol. The van der Waals surface area contributed by atoms with Gasteiger partial charge in [0.2, 0.25) is 0 Å². The molecule has 3 aromatic rings. The minimum Gasteiger partial charge on any atom is -0.358 e. The van der Waals surface area contributed by atoms with Gasteiger partial charge in [0.25, 0.3) is 5.91 Å². The topological polar surface area (TPSA) is 49.0 Å². The van der Waals surface area contributed by atoms with E-state index in [4.69, 9.17) is 0 Å². The van der Waals surface area contributed by atoms with Gasteiger partial charge in [0, 0.05) is 24.3 Å². The fourth-order valence-electron chi connectivity index (χ4n) is 2.67. The van der Waals surface area contributed by atoms with Gasteiger partial charge in [-0.1, -0.05) is 18.2 Å². The van der Waals surface area contributed by atoms with Crippen molar-refractivity contribution in [1.29, 1.82) is 0 Å². The molecule has 0 spiro atoms. The van der Waals surface area contributed by atoms with Crippen LogP contribution in [0.25, 0.3) is 10.9 Å². The van der Waals surface area contributed by atoms with Gasteiger partial charge in [-0.15, -0.1) is 0 Å². The first kappa shape index (κ1) is 14.3. The minimum absolute atomic E-state index is 0.00231. The third-order valence-electron chi connectivity index (χ3n) is 4.05. The van der Waals surface area contributed by atoms with Crippen LogP contribution in [0, 0.1) is 13.8 Å². The summed E-state index contributed by atoms with van der Waals surface area (Å²) in [6.07, 6.45) is 1.74. The molecule has 0 saturated carbocycles. The molecule has 0 unspecified atom stereocenters. The maximum atomic E-state index is 12.8. The van der Waals surface area contributed by atoms with Crippen LogP contribution in [0.3, 0.4) is 0 Å². The number of aryl methyl sites for hydroxylation is 2. The minimum atomic E-state index is -0.00231. The molecule has 0 aliphatic rings. The number of nitrogens with one attached hydrogen (secondary N) is 1. The second-order valence-corrected chi connectivity index (χ2v) is 5.59. The Kier molecular flexibility index (Phi) is 3.67. The van der Waals surface area contributed by atoms with Crippen LogP contribution in [0.15, 0.2) is 42.6 Å². The van der Waals surface area contributed by atoms with Crippen molar-refractivity contribution >= 4 is 16.8 Å². The normalized spacial score (nSPS) is 10.9. The van der Waals surface area contributed by atoms with Crippen molar-refractivity contribution in [2.24, 2.45) is 0 Å². The van der Waals surface area contributed by atoms with Crippen LogP contribution in [-0.4, -0.2) is 27.8 Å². The molecule has 0 aliphatic heterocycles. The van der Waals surface area contributed by atoms with Gasteiger partial charge in [0.05, 0.1) is 23.3 Å². The van der Waals surface area contributed by atoms with Crippen molar-refractivity contribution in [3.63, 3.8) is 0 Å². The summed E-state index contributed by atoms with van der Waals surface area (Å²) in [7, 11) is 1.80. The molecule has 1 N–H and O–H groups in total. The molecule has 4 heteroatoms. The first-order chi connectivity index (χ1) is 10.6. The van der Waals surface area contributed by atoms with Crippen LogP contribution in [0.5, 0.6) is 0 Å². The Labute approximate surface area is 129 Å². The van der Waals surface area contributed by atoms with E-state index in [-0.39, 0.29) is 5.91 Å². The summed E-state index contributed by atoms with van der Waals surface area (Å²) >= 11 is 0. The van der Waals surface area contributed by atoms with E-state index in [0.29, 0.717) is 12.1 Å². The fraction of sp³-hybridized carbons (Fsp3) is 0.222. The second kappa shape index (κ2) is 5.64. The van der Waals surface area contributed by atoms with Crippen LogP contribution in [0.2, 0.25) is 0 Å². The number of hydrogen-bond acceptors (Lipinski definition) is 2. The van der Waals surface area contributed by atoms with E-state index in [1.807, 2.05) is 43.3 Å². The summed E-state index contributed by atoms with van der Waals surface area (Å²) in [5.41, 5.74) is 4.78. The van der Waals surface area contributed by atoms with Crippen LogP contribution in [0.4, 0.5) is 0 Å². The molecule has 112 valence electrons. The molecule has 0 fully saturated rings. The third-order valence-corrected chi connectivity index (χ3v) is 4.05. The molecule has 0 atom stereocenters. The van der Waals surface area contributed by atoms with Crippen LogP contribution < -0.4 is 0 Å². The molecule has 0 bridgehead atoms. The molecule has 1 amide bonds. The Bertz CT molecular complexity index is 821. The maximum Gasteiger partial charge on any atom is 0.256 e. The van der Waals surface area contributed by atoms with E-state index in [0.717, 1.165) is 22.3 Å². The number of H-pyrrole nitrogens is 1. The lowest BCUT2D eigenvalue weighted by Gasteiger charge is -2.17. The number of nitrogens with zero attached hydrogens (tertiary/aromatic N) is 2. The van der Waals surface area contributed by atoms with Gasteiger partial charge in [-0.25, -0.2) is 0 Å². The number of aromatic nitrogens is 2. The van der Waals surface area contributed by atoms with Crippen molar-refractivity contribution < 1.29 is 4.79 Å². The van der Waals surface area contributed by atoms with Crippen molar-refractivity contribution in [3.8, 4) is 0 Å². The Balaban J connectivity index is 1.93. The number of benzene rings is 1. The molecule has 3 rings (SSSR count). The number of pyridine rings is 1. The number of aromatic amines is 1. The van der Waals surface area contributed by atoms with Crippen LogP contribution in [-0.2, 0) is 6.54 Å². The summed E-state index contributed by atoms with van der Waals surface area (Å²) in [6.45, 7) is 4.59. The highest BCUT2D eigenvalue weighted by Gasteiger charge is 2.17. The largest absolute Gasteiger partial charge is 0.358 e. The molecular weight excluding hydrogens is 274 g/mol. The van der Waals surface area contributed by atoms with E-state index < -0.39 is 0 Å². The van der Waals surface area contributed by atoms with E-state index in [2.05, 4.69) is 16.9 Å². The zero-order valence-corrected chi connectivity index (χ0v) is 13.1. The highest BCUT2D eigenvalue weighted by Crippen LogP contribution is 2.25. The average molecular weight is 293 g/mol. The average Bonchev–Trinajstić information content (AvgIpc) is 2.82. The van der Waals surface area contributed by atoms with Crippen LogP contribution in [0.1, 0.15) is 27.3 Å². The summed E-state index contributed by atoms with van der Waals surface area (Å²) in [6, 6.07) is 11.6. The summed E-state index contributed by atoms with van der Waals surface area (Å²) in [5, 5.41) is 1.11. The van der Waals surface area contributed by atoms with Crippen molar-refractivity contribution in [2.45, 2.75) is 20.4 Å². The van der Waals surface area contributed by atoms with E-state index in [9.17, 15) is 4.79 Å². The molecule has 22 heavy (non-hydrogen) atoms. The maximum absolute atomic E-state index is 12.8. The first-order valence-corrected chi connectivity index (χ1v) is 7.31. The number of carbonyl (C=O) groups is 1. The Morgan fingerprint density at radius 2 is 2.00 bits per heavy atom. The predicted octanol–water partition coefficient (Wildman–Crippen LogP) is 3.45. The quantitative estimate of drug-likeness (QED) is 0.804. The Hall–Kier alpha value is -2.62. The zero-order valence-electron chi connectivity index (χ0n) is 13.1. The number of amides is 1. The Morgan fingerprint density at radius 3 is 2.73 bits per heavy atom. The molecule has 2 heterocycles. The van der Waals surface area contributed by atoms with Gasteiger partial charge in [-0.05, 0) is 37.6 Å². The zero-order chi connectivity index (χ0) is 15.7. The molecule has 0 aliphatic carbocycles. The lowest BCUT2D eigenvalue weighted by Crippen LogP contribution is -2.26. The second-order valence-electron chi connectivity index (χ2n) is 5.59. The SMILES string of the molecule is Cc1[nH]c2c(C(=O)N(C)Cc3ccccn3)cccc2c1C. The van der Waals surface area contributed by atoms with Gasteiger partial charge in [-0.2, -0.15) is 0 Å². The molecule has 1 aromatic carbocycles. The number of fused-ring (bicyclic) bond motifs is 1. The highest BCUT2D eigenvalue weighted by molar-refractivity contribution is 6.06. The first-order valence-electron chi connectivity index (χ1n) is 7.31. The molecule has 0 radical (unpaired) electrons. The molecular formula is C18H19N3O. The lowest BCUT2D eigenvalue weighted by atomic mass is 10.1. The lowest BCUT2D eigenvalue weighted by molar-refractivity contribution is 0.0785. The number of hydrogen-bond donors (Lipinski definition) is 1. The van der Waals surface area contributed by atoms with Crippen molar-refractivity contribution in [2.75, 3.05) is 7.05 Å². The number of rotatable bonds is 3. The van der Waals surface area contributed by atoms with Gasteiger partial charge in [0.1, 0.15) is 0 Å². The summed E-state index contributed by atoms with van der Waals surface area (Å²) in [4.78, 5) is 22.1. The van der Waals surface area contributed by atoms with Gasteiger partial charge in [-0.3, -0.25) is 9.78 Å². The van der Waals surface area contributed by atoms with Crippen molar-refractivity contribution in [1.82, 2.24) is 14.9 Å². The van der Waals surface area contributed by atoms with Crippen molar-refractivity contribution in [3.05, 3.63) is 65.1 Å². The Morgan fingerprint density at radius 1 is 1.18 bits per heavy atom. The summed E-state index contributed by atoms with van der Waals surface area (Å²) < 4.78 is 0. The van der Waals surface area contributed by atoms with E-state index >= 15 is 0 Å². The van der Waals surface area contributed by atoms with Gasteiger partial charge in [0.15, 0.2) is 0 Å². The number of para-hydroxylation sites is 1. The smallest absolute Gasteiger partial charge is 0.256 e. The molecule has 0 saturated heterocycles. The monoisotopic (exact) mass is 293 g/mol. The summed E-state index contributed by atoms with van der Waals surface area (Å²) in [5.74, 6) is -0.00231. The molecule has 4 nitrogen and oxygen atoms in total. The van der Waals surface area contributed by atoms with E-state index in [1.54, 1.807) is 18.1 Å². The standard InChI is InChI=1S/C18H19N3O/c1-12-13(2)20-17-15(12)8-6-9-16(17)18(22)21(3)11-14-7-4-5-10-19-14/h4-10,20H,11H2,1-3H3. The van der Waals surface area contributed by atoms with E-state index in [1.165, 1.54) is 5.56 Å². The van der Waals surface area contributed by atoms with Crippen LogP contribution >= 0.6 is 0 Å². The highest BCUT2D eigenvalue weighted by atomic mass is 16.2. The number of carbonyl (C=O) groups excluding carboxylic acids is 1. The fourth-order valence-corrected chi connectivity index (χ4v) is 2.67. The van der Waals surface area contributed by atoms with Gasteiger partial charge >= 0.3 is 0 Å². The third kappa shape index (κ3) is 2.48. The molecule has 2 aromatic heterocycles.